The predicted octanol–water partition coefficient (Wildman–Crippen LogP) is 1.36. The van der Waals surface area contributed by atoms with Crippen molar-refractivity contribution in [1.29, 1.82) is 0 Å². The predicted molar refractivity (Wildman–Crippen MR) is 75.2 cm³/mol. The van der Waals surface area contributed by atoms with Crippen LogP contribution in [0.1, 0.15) is 32.4 Å². The highest BCUT2D eigenvalue weighted by atomic mass is 16.6. The van der Waals surface area contributed by atoms with Crippen molar-refractivity contribution < 1.29 is 23.9 Å². The number of esters is 2. The highest BCUT2D eigenvalue weighted by molar-refractivity contribution is 5.73. The number of carbonyl (C=O) groups is 3. The Morgan fingerprint density at radius 1 is 1.05 bits per heavy atom. The van der Waals surface area contributed by atoms with Gasteiger partial charge in [-0.05, 0) is 5.56 Å². The summed E-state index contributed by atoms with van der Waals surface area (Å²) in [7, 11) is 0. The molecule has 0 fully saturated rings. The molecule has 1 amide bonds. The maximum absolute atomic E-state index is 11.3. The minimum atomic E-state index is -0.730. The third-order valence-electron chi connectivity index (χ3n) is 2.64. The zero-order chi connectivity index (χ0) is 15.8. The van der Waals surface area contributed by atoms with Gasteiger partial charge < -0.3 is 14.8 Å². The SMILES string of the molecule is CC(=O)NC(COC(C)=O)C(OC(C)=O)c1ccccc1. The quantitative estimate of drug-likeness (QED) is 0.801. The van der Waals surface area contributed by atoms with Gasteiger partial charge in [-0.3, -0.25) is 14.4 Å². The van der Waals surface area contributed by atoms with Crippen molar-refractivity contribution in [3.8, 4) is 0 Å². The molecular formula is C15H19NO5. The lowest BCUT2D eigenvalue weighted by atomic mass is 10.0. The minimum absolute atomic E-state index is 0.0816. The van der Waals surface area contributed by atoms with Gasteiger partial charge in [0.2, 0.25) is 5.91 Å². The minimum Gasteiger partial charge on any atom is -0.464 e. The van der Waals surface area contributed by atoms with Gasteiger partial charge >= 0.3 is 11.9 Å². The Labute approximate surface area is 123 Å². The molecule has 0 aromatic heterocycles. The molecule has 0 bridgehead atoms. The van der Waals surface area contributed by atoms with E-state index >= 15 is 0 Å². The van der Waals surface area contributed by atoms with E-state index < -0.39 is 24.1 Å². The molecule has 6 nitrogen and oxygen atoms in total. The molecule has 1 aromatic carbocycles. The normalized spacial score (nSPS) is 12.9. The monoisotopic (exact) mass is 293 g/mol. The maximum Gasteiger partial charge on any atom is 0.303 e. The van der Waals surface area contributed by atoms with Crippen molar-refractivity contribution in [2.24, 2.45) is 0 Å². The van der Waals surface area contributed by atoms with Crippen LogP contribution in [-0.4, -0.2) is 30.5 Å². The summed E-state index contributed by atoms with van der Waals surface area (Å²) in [6, 6.07) is 8.31. The van der Waals surface area contributed by atoms with Crippen LogP contribution >= 0.6 is 0 Å². The number of rotatable bonds is 6. The number of amides is 1. The Bertz CT molecular complexity index is 500. The average molecular weight is 293 g/mol. The fourth-order valence-electron chi connectivity index (χ4n) is 1.88. The van der Waals surface area contributed by atoms with E-state index in [0.29, 0.717) is 5.56 Å². The van der Waals surface area contributed by atoms with Crippen molar-refractivity contribution in [3.05, 3.63) is 35.9 Å². The number of benzene rings is 1. The maximum atomic E-state index is 11.3. The van der Waals surface area contributed by atoms with Gasteiger partial charge in [0.1, 0.15) is 12.6 Å². The Morgan fingerprint density at radius 2 is 1.67 bits per heavy atom. The van der Waals surface area contributed by atoms with Crippen molar-refractivity contribution in [2.45, 2.75) is 32.9 Å². The van der Waals surface area contributed by atoms with Gasteiger partial charge in [0.15, 0.2) is 6.10 Å². The van der Waals surface area contributed by atoms with Crippen LogP contribution in [0.3, 0.4) is 0 Å². The number of carbonyl (C=O) groups excluding carboxylic acids is 3. The van der Waals surface area contributed by atoms with Crippen molar-refractivity contribution in [3.63, 3.8) is 0 Å². The molecule has 0 aliphatic carbocycles. The van der Waals surface area contributed by atoms with Crippen LogP contribution in [0.5, 0.6) is 0 Å². The van der Waals surface area contributed by atoms with Gasteiger partial charge in [0.05, 0.1) is 0 Å². The second-order valence-corrected chi connectivity index (χ2v) is 4.55. The molecule has 1 rings (SSSR count). The second kappa shape index (κ2) is 8.04. The molecule has 0 radical (unpaired) electrons. The fraction of sp³-hybridized carbons (Fsp3) is 0.400. The first-order valence-corrected chi connectivity index (χ1v) is 6.52. The molecule has 1 aromatic rings. The molecule has 2 unspecified atom stereocenters. The molecule has 2 atom stereocenters. The molecular weight excluding hydrogens is 274 g/mol. The summed E-state index contributed by atoms with van der Waals surface area (Å²) < 4.78 is 10.2. The first-order chi connectivity index (χ1) is 9.90. The first-order valence-electron chi connectivity index (χ1n) is 6.52. The Hall–Kier alpha value is -2.37. The standard InChI is InChI=1S/C15H19NO5/c1-10(17)16-14(9-20-11(2)18)15(21-12(3)19)13-7-5-4-6-8-13/h4-8,14-15H,9H2,1-3H3,(H,16,17). The largest absolute Gasteiger partial charge is 0.464 e. The van der Waals surface area contributed by atoms with E-state index in [9.17, 15) is 14.4 Å². The number of hydrogen-bond acceptors (Lipinski definition) is 5. The molecule has 1 N–H and O–H groups in total. The second-order valence-electron chi connectivity index (χ2n) is 4.55. The summed E-state index contributed by atoms with van der Waals surface area (Å²) in [6.45, 7) is 3.82. The van der Waals surface area contributed by atoms with Crippen LogP contribution in [0.15, 0.2) is 30.3 Å². The molecule has 21 heavy (non-hydrogen) atoms. The highest BCUT2D eigenvalue weighted by Crippen LogP contribution is 2.22. The fourth-order valence-corrected chi connectivity index (χ4v) is 1.88. The Kier molecular flexibility index (Phi) is 6.39. The molecule has 0 heterocycles. The summed E-state index contributed by atoms with van der Waals surface area (Å²) in [6.07, 6.45) is -0.730. The van der Waals surface area contributed by atoms with Gasteiger partial charge in [0.25, 0.3) is 0 Å². The molecule has 0 saturated heterocycles. The summed E-state index contributed by atoms with van der Waals surface area (Å²) in [4.78, 5) is 33.6. The van der Waals surface area contributed by atoms with E-state index in [1.807, 2.05) is 6.07 Å². The van der Waals surface area contributed by atoms with E-state index in [-0.39, 0.29) is 12.5 Å². The van der Waals surface area contributed by atoms with Gasteiger partial charge in [-0.25, -0.2) is 0 Å². The molecule has 0 spiro atoms. The highest BCUT2D eigenvalue weighted by Gasteiger charge is 2.28. The first kappa shape index (κ1) is 16.7. The van der Waals surface area contributed by atoms with Crippen molar-refractivity contribution in [2.75, 3.05) is 6.61 Å². The number of hydrogen-bond donors (Lipinski definition) is 1. The number of nitrogens with one attached hydrogen (secondary N) is 1. The van der Waals surface area contributed by atoms with Crippen LogP contribution in [0.2, 0.25) is 0 Å². The van der Waals surface area contributed by atoms with Crippen LogP contribution in [0, 0.1) is 0 Å². The topological polar surface area (TPSA) is 81.7 Å². The van der Waals surface area contributed by atoms with E-state index in [1.54, 1.807) is 24.3 Å². The van der Waals surface area contributed by atoms with E-state index in [2.05, 4.69) is 5.32 Å². The summed E-state index contributed by atoms with van der Waals surface area (Å²) >= 11 is 0. The Morgan fingerprint density at radius 3 is 2.14 bits per heavy atom. The number of ether oxygens (including phenoxy) is 2. The van der Waals surface area contributed by atoms with Gasteiger partial charge in [-0.2, -0.15) is 0 Å². The zero-order valence-corrected chi connectivity index (χ0v) is 12.3. The van der Waals surface area contributed by atoms with Gasteiger partial charge in [-0.15, -0.1) is 0 Å². The van der Waals surface area contributed by atoms with Gasteiger partial charge in [-0.1, -0.05) is 30.3 Å². The van der Waals surface area contributed by atoms with Crippen molar-refractivity contribution >= 4 is 17.8 Å². The molecule has 114 valence electrons. The molecule has 6 heteroatoms. The van der Waals surface area contributed by atoms with E-state index in [0.717, 1.165) is 0 Å². The third-order valence-corrected chi connectivity index (χ3v) is 2.64. The van der Waals surface area contributed by atoms with Crippen LogP contribution < -0.4 is 5.32 Å². The van der Waals surface area contributed by atoms with Crippen LogP contribution in [0.4, 0.5) is 0 Å². The molecule has 0 aliphatic heterocycles. The average Bonchev–Trinajstić information content (AvgIpc) is 2.41. The lowest BCUT2D eigenvalue weighted by Gasteiger charge is -2.27. The van der Waals surface area contributed by atoms with E-state index in [1.165, 1.54) is 20.8 Å². The zero-order valence-electron chi connectivity index (χ0n) is 12.3. The summed E-state index contributed by atoms with van der Waals surface area (Å²) in [5.41, 5.74) is 0.707. The lowest BCUT2D eigenvalue weighted by molar-refractivity contribution is -0.152. The molecule has 0 saturated carbocycles. The van der Waals surface area contributed by atoms with Crippen LogP contribution in [-0.2, 0) is 23.9 Å². The van der Waals surface area contributed by atoms with Crippen LogP contribution in [0.25, 0.3) is 0 Å². The lowest BCUT2D eigenvalue weighted by Crippen LogP contribution is -2.43. The third kappa shape index (κ3) is 6.07. The van der Waals surface area contributed by atoms with Crippen molar-refractivity contribution in [1.82, 2.24) is 5.32 Å². The Balaban J connectivity index is 3.00. The van der Waals surface area contributed by atoms with E-state index in [4.69, 9.17) is 9.47 Å². The van der Waals surface area contributed by atoms with Gasteiger partial charge in [0, 0.05) is 20.8 Å². The summed E-state index contributed by atoms with van der Waals surface area (Å²) in [5.74, 6) is -1.26. The smallest absolute Gasteiger partial charge is 0.303 e. The molecule has 0 aliphatic rings. The summed E-state index contributed by atoms with van der Waals surface area (Å²) in [5, 5.41) is 2.65.